The molecule has 5 N–H and O–H groups in total. The van der Waals surface area contributed by atoms with Gasteiger partial charge in [0.2, 0.25) is 5.91 Å². The van der Waals surface area contributed by atoms with Gasteiger partial charge in [0, 0.05) is 36.5 Å². The maximum absolute atomic E-state index is 11.0. The summed E-state index contributed by atoms with van der Waals surface area (Å²) in [6.45, 7) is 3.78. The first-order valence-electron chi connectivity index (χ1n) is 14.0. The Morgan fingerprint density at radius 3 is 2.63 bits per heavy atom. The van der Waals surface area contributed by atoms with Crippen LogP contribution in [0.1, 0.15) is 23.1 Å². The predicted molar refractivity (Wildman–Crippen MR) is 169 cm³/mol. The molecule has 0 bridgehead atoms. The van der Waals surface area contributed by atoms with Crippen molar-refractivity contribution in [1.82, 2.24) is 29.3 Å². The number of aromatic nitrogens is 6. The number of benzene rings is 2. The van der Waals surface area contributed by atoms with Gasteiger partial charge in [-0.3, -0.25) is 9.36 Å². The van der Waals surface area contributed by atoms with Crippen molar-refractivity contribution in [1.29, 1.82) is 0 Å². The zero-order valence-corrected chi connectivity index (χ0v) is 23.5. The number of nitrogens with zero attached hydrogens (tertiary/aromatic N) is 6. The molecule has 4 aromatic heterocycles. The highest BCUT2D eigenvalue weighted by Crippen LogP contribution is 2.32. The Balaban J connectivity index is 0.000000214. The molecule has 0 atom stereocenters. The van der Waals surface area contributed by atoms with Crippen LogP contribution in [-0.4, -0.2) is 35.2 Å². The zero-order chi connectivity index (χ0) is 29.8. The van der Waals surface area contributed by atoms with E-state index in [9.17, 15) is 4.79 Å². The summed E-state index contributed by atoms with van der Waals surface area (Å²) in [4.78, 5) is 25.0. The van der Waals surface area contributed by atoms with Crippen molar-refractivity contribution in [2.45, 2.75) is 25.8 Å². The van der Waals surface area contributed by atoms with Crippen LogP contribution in [0.2, 0.25) is 0 Å². The molecule has 1 aliphatic carbocycles. The van der Waals surface area contributed by atoms with Crippen molar-refractivity contribution in [2.24, 2.45) is 5.73 Å². The van der Waals surface area contributed by atoms with Crippen LogP contribution in [0, 0.1) is 0 Å². The minimum Gasteiger partial charge on any atom is -0.383 e. The number of pyridine rings is 2. The van der Waals surface area contributed by atoms with Crippen molar-refractivity contribution in [3.8, 4) is 22.9 Å². The second-order valence-electron chi connectivity index (χ2n) is 10.0. The van der Waals surface area contributed by atoms with Gasteiger partial charge < -0.3 is 16.8 Å². The lowest BCUT2D eigenvalue weighted by Crippen LogP contribution is -2.10. The molecule has 4 heterocycles. The molecule has 214 valence electrons. The van der Waals surface area contributed by atoms with Crippen molar-refractivity contribution in [2.75, 3.05) is 11.1 Å². The van der Waals surface area contributed by atoms with Gasteiger partial charge in [0.15, 0.2) is 17.3 Å². The highest BCUT2D eigenvalue weighted by Gasteiger charge is 2.20. The van der Waals surface area contributed by atoms with E-state index >= 15 is 0 Å². The van der Waals surface area contributed by atoms with Crippen LogP contribution in [-0.2, 0) is 24.2 Å². The van der Waals surface area contributed by atoms with Gasteiger partial charge in [-0.05, 0) is 90.6 Å². The molecule has 0 unspecified atom stereocenters. The number of imidazole rings is 1. The molecule has 10 heteroatoms. The summed E-state index contributed by atoms with van der Waals surface area (Å²) in [5.41, 5.74) is 19.6. The number of anilines is 2. The zero-order valence-electron chi connectivity index (χ0n) is 23.5. The molecule has 0 spiro atoms. The van der Waals surface area contributed by atoms with Crippen LogP contribution < -0.4 is 16.8 Å². The fraction of sp³-hybridized carbons (Fsp3) is 0.121. The van der Waals surface area contributed by atoms with E-state index in [0.717, 1.165) is 58.1 Å². The lowest BCUT2D eigenvalue weighted by Gasteiger charge is -2.12. The number of amides is 1. The van der Waals surface area contributed by atoms with E-state index in [2.05, 4.69) is 44.7 Å². The topological polar surface area (TPSA) is 143 Å². The first-order chi connectivity index (χ1) is 21.1. The second-order valence-corrected chi connectivity index (χ2v) is 10.0. The van der Waals surface area contributed by atoms with E-state index in [1.807, 2.05) is 60.8 Å². The molecule has 0 saturated carbocycles. The first-order valence-corrected chi connectivity index (χ1v) is 14.0. The molecule has 10 nitrogen and oxygen atoms in total. The number of nitrogens with two attached hydrogens (primary N) is 2. The Morgan fingerprint density at radius 2 is 1.84 bits per heavy atom. The largest absolute Gasteiger partial charge is 0.383 e. The van der Waals surface area contributed by atoms with Crippen molar-refractivity contribution < 1.29 is 4.79 Å². The third kappa shape index (κ3) is 5.64. The van der Waals surface area contributed by atoms with Gasteiger partial charge in [0.05, 0.1) is 5.56 Å². The van der Waals surface area contributed by atoms with Gasteiger partial charge in [-0.1, -0.05) is 30.8 Å². The summed E-state index contributed by atoms with van der Waals surface area (Å²) >= 11 is 0. The van der Waals surface area contributed by atoms with E-state index in [4.69, 9.17) is 21.4 Å². The summed E-state index contributed by atoms with van der Waals surface area (Å²) in [6, 6.07) is 23.6. The highest BCUT2D eigenvalue weighted by molar-refractivity contribution is 5.99. The first kappa shape index (κ1) is 27.6. The van der Waals surface area contributed by atoms with Crippen LogP contribution >= 0.6 is 0 Å². The summed E-state index contributed by atoms with van der Waals surface area (Å²) in [5.74, 6) is 1.70. The predicted octanol–water partition coefficient (Wildman–Crippen LogP) is 5.01. The highest BCUT2D eigenvalue weighted by atomic mass is 16.1. The Kier molecular flexibility index (Phi) is 7.75. The van der Waals surface area contributed by atoms with Gasteiger partial charge in [-0.25, -0.2) is 19.6 Å². The van der Waals surface area contributed by atoms with Gasteiger partial charge in [-0.15, -0.1) is 0 Å². The summed E-state index contributed by atoms with van der Waals surface area (Å²) in [6.07, 6.45) is 9.99. The maximum Gasteiger partial charge on any atom is 0.247 e. The average Bonchev–Trinajstić information content (AvgIpc) is 3.81. The number of rotatable bonds is 6. The smallest absolute Gasteiger partial charge is 0.247 e. The minimum atomic E-state index is -0.221. The van der Waals surface area contributed by atoms with Crippen LogP contribution in [0.4, 0.5) is 11.5 Å². The molecule has 1 amide bonds. The number of aryl methyl sites for hydroxylation is 2. The molecule has 2 aromatic carbocycles. The number of nitrogen functional groups attached to an aromatic ring is 1. The third-order valence-corrected chi connectivity index (χ3v) is 7.33. The summed E-state index contributed by atoms with van der Waals surface area (Å²) in [5, 5.41) is 6.99. The molecule has 43 heavy (non-hydrogen) atoms. The SMILES string of the molecule is C=CC(=O)Nc1ccccc1CN.Nc1ncccc1-c1nc2ccc(-n3cccn3)nc2n1-c1ccc2c(c1)CCC2. The number of nitrogens with one attached hydrogen (secondary N) is 1. The van der Waals surface area contributed by atoms with E-state index in [1.54, 1.807) is 17.1 Å². The number of fused-ring (bicyclic) bond motifs is 2. The van der Waals surface area contributed by atoms with Crippen LogP contribution in [0.3, 0.4) is 0 Å². The fourth-order valence-corrected chi connectivity index (χ4v) is 5.21. The molecule has 0 saturated heterocycles. The monoisotopic (exact) mass is 569 g/mol. The third-order valence-electron chi connectivity index (χ3n) is 7.33. The number of hydrogen-bond acceptors (Lipinski definition) is 7. The Bertz CT molecular complexity index is 1920. The Labute approximate surface area is 248 Å². The minimum absolute atomic E-state index is 0.221. The fourth-order valence-electron chi connectivity index (χ4n) is 5.21. The van der Waals surface area contributed by atoms with Gasteiger partial charge in [0.1, 0.15) is 11.3 Å². The van der Waals surface area contributed by atoms with Crippen LogP contribution in [0.5, 0.6) is 0 Å². The van der Waals surface area contributed by atoms with Gasteiger partial charge in [0.25, 0.3) is 0 Å². The molecule has 0 radical (unpaired) electrons. The van der Waals surface area contributed by atoms with E-state index in [0.29, 0.717) is 12.4 Å². The number of para-hydroxylation sites is 1. The maximum atomic E-state index is 11.0. The standard InChI is InChI=1S/C23H19N7.C10H12N2O/c24-21-18(6-2-11-25-21)22-27-19-9-10-20(29-13-3-12-26-29)28-23(19)30(22)17-8-7-15-4-1-5-16(15)14-17;1-2-10(13)12-9-6-4-3-5-8(9)7-11/h2-3,6-14H,1,4-5H2,(H2,24,25);2-6H,1,7,11H2,(H,12,13). The van der Waals surface area contributed by atoms with E-state index in [1.165, 1.54) is 23.6 Å². The van der Waals surface area contributed by atoms with Gasteiger partial charge in [-0.2, -0.15) is 5.10 Å². The number of carbonyl (C=O) groups is 1. The molecular formula is C33H31N9O. The molecule has 6 aromatic rings. The molecule has 1 aliphatic rings. The Hall–Kier alpha value is -5.61. The molecule has 7 rings (SSSR count). The Morgan fingerprint density at radius 1 is 0.977 bits per heavy atom. The van der Waals surface area contributed by atoms with Crippen LogP contribution in [0.25, 0.3) is 34.1 Å². The molecular weight excluding hydrogens is 538 g/mol. The quantitative estimate of drug-likeness (QED) is 0.239. The van der Waals surface area contributed by atoms with Gasteiger partial charge >= 0.3 is 0 Å². The normalized spacial score (nSPS) is 11.9. The average molecular weight is 570 g/mol. The second kappa shape index (κ2) is 12.1. The summed E-state index contributed by atoms with van der Waals surface area (Å²) in [7, 11) is 0. The lowest BCUT2D eigenvalue weighted by molar-refractivity contribution is -0.111. The lowest BCUT2D eigenvalue weighted by atomic mass is 10.1. The van der Waals surface area contributed by atoms with Crippen molar-refractivity contribution >= 4 is 28.6 Å². The molecule has 0 aliphatic heterocycles. The van der Waals surface area contributed by atoms with E-state index in [-0.39, 0.29) is 5.91 Å². The van der Waals surface area contributed by atoms with Crippen molar-refractivity contribution in [3.05, 3.63) is 121 Å². The van der Waals surface area contributed by atoms with E-state index < -0.39 is 0 Å². The van der Waals surface area contributed by atoms with Crippen LogP contribution in [0.15, 0.2) is 104 Å². The number of hydrogen-bond donors (Lipinski definition) is 3. The molecule has 0 fully saturated rings. The number of carbonyl (C=O) groups excluding carboxylic acids is 1. The summed E-state index contributed by atoms with van der Waals surface area (Å²) < 4.78 is 3.83. The van der Waals surface area contributed by atoms with Crippen molar-refractivity contribution in [3.63, 3.8) is 0 Å².